The second kappa shape index (κ2) is 5.85. The SMILES string of the molecule is CC(Cc1ccc2ncccc2c1)C(O)N1C(=O)CCC1=O. The van der Waals surface area contributed by atoms with E-state index in [1.807, 2.05) is 37.3 Å². The third-order valence-corrected chi connectivity index (χ3v) is 4.09. The average Bonchev–Trinajstić information content (AvgIpc) is 2.85. The van der Waals surface area contributed by atoms with Gasteiger partial charge in [0.15, 0.2) is 0 Å². The number of amides is 2. The fourth-order valence-corrected chi connectivity index (χ4v) is 2.87. The molecule has 5 nitrogen and oxygen atoms in total. The van der Waals surface area contributed by atoms with Gasteiger partial charge in [0.1, 0.15) is 6.23 Å². The highest BCUT2D eigenvalue weighted by molar-refractivity contribution is 6.02. The zero-order valence-corrected chi connectivity index (χ0v) is 12.4. The molecular formula is C17H18N2O3. The molecule has 1 aromatic carbocycles. The molecule has 2 atom stereocenters. The fourth-order valence-electron chi connectivity index (χ4n) is 2.87. The molecular weight excluding hydrogens is 280 g/mol. The second-order valence-electron chi connectivity index (χ2n) is 5.78. The first kappa shape index (κ1) is 14.7. The lowest BCUT2D eigenvalue weighted by atomic mass is 9.97. The largest absolute Gasteiger partial charge is 0.373 e. The maximum Gasteiger partial charge on any atom is 0.231 e. The van der Waals surface area contributed by atoms with Gasteiger partial charge in [-0.15, -0.1) is 0 Å². The van der Waals surface area contributed by atoms with E-state index >= 15 is 0 Å². The van der Waals surface area contributed by atoms with Crippen molar-refractivity contribution in [1.82, 2.24) is 9.88 Å². The van der Waals surface area contributed by atoms with Crippen LogP contribution >= 0.6 is 0 Å². The van der Waals surface area contributed by atoms with E-state index in [9.17, 15) is 14.7 Å². The minimum atomic E-state index is -1.06. The smallest absolute Gasteiger partial charge is 0.231 e. The van der Waals surface area contributed by atoms with E-state index in [0.29, 0.717) is 6.42 Å². The minimum absolute atomic E-state index is 0.199. The summed E-state index contributed by atoms with van der Waals surface area (Å²) >= 11 is 0. The quantitative estimate of drug-likeness (QED) is 0.875. The Morgan fingerprint density at radius 1 is 1.23 bits per heavy atom. The highest BCUT2D eigenvalue weighted by Crippen LogP contribution is 2.22. The highest BCUT2D eigenvalue weighted by Gasteiger charge is 2.36. The van der Waals surface area contributed by atoms with E-state index in [1.165, 1.54) is 0 Å². The number of hydrogen-bond acceptors (Lipinski definition) is 4. The van der Waals surface area contributed by atoms with Gasteiger partial charge in [-0.25, -0.2) is 0 Å². The zero-order valence-electron chi connectivity index (χ0n) is 12.4. The van der Waals surface area contributed by atoms with Gasteiger partial charge in [-0.3, -0.25) is 19.5 Å². The number of benzene rings is 1. The van der Waals surface area contributed by atoms with Crippen LogP contribution in [0, 0.1) is 5.92 Å². The van der Waals surface area contributed by atoms with Crippen molar-refractivity contribution in [3.63, 3.8) is 0 Å². The van der Waals surface area contributed by atoms with Gasteiger partial charge in [-0.1, -0.05) is 19.1 Å². The molecule has 1 aliphatic heterocycles. The standard InChI is InChI=1S/C17H18N2O3/c1-11(17(22)19-15(20)6-7-16(19)21)9-12-4-5-14-13(10-12)3-2-8-18-14/h2-5,8,10-11,17,22H,6-7,9H2,1H3. The molecule has 1 aliphatic rings. The maximum absolute atomic E-state index is 11.7. The summed E-state index contributed by atoms with van der Waals surface area (Å²) in [5.74, 6) is -0.792. The third kappa shape index (κ3) is 2.72. The van der Waals surface area contributed by atoms with Gasteiger partial charge in [0.05, 0.1) is 5.52 Å². The van der Waals surface area contributed by atoms with Crippen molar-refractivity contribution in [3.8, 4) is 0 Å². The van der Waals surface area contributed by atoms with E-state index in [-0.39, 0.29) is 30.6 Å². The summed E-state index contributed by atoms with van der Waals surface area (Å²) < 4.78 is 0. The second-order valence-corrected chi connectivity index (χ2v) is 5.78. The topological polar surface area (TPSA) is 70.5 Å². The van der Waals surface area contributed by atoms with E-state index in [4.69, 9.17) is 0 Å². The summed E-state index contributed by atoms with van der Waals surface area (Å²) in [6, 6.07) is 9.80. The lowest BCUT2D eigenvalue weighted by molar-refractivity contribution is -0.152. The summed E-state index contributed by atoms with van der Waals surface area (Å²) in [5.41, 5.74) is 1.97. The molecule has 1 aromatic heterocycles. The van der Waals surface area contributed by atoms with Crippen LogP contribution in [0.5, 0.6) is 0 Å². The van der Waals surface area contributed by atoms with Crippen LogP contribution in [0.15, 0.2) is 36.5 Å². The van der Waals surface area contributed by atoms with Gasteiger partial charge in [-0.05, 0) is 30.2 Å². The lowest BCUT2D eigenvalue weighted by Gasteiger charge is -2.26. The summed E-state index contributed by atoms with van der Waals surface area (Å²) in [4.78, 5) is 28.7. The molecule has 1 saturated heterocycles. The van der Waals surface area contributed by atoms with E-state index < -0.39 is 6.23 Å². The Balaban J connectivity index is 1.76. The first-order valence-corrected chi connectivity index (χ1v) is 7.43. The summed E-state index contributed by atoms with van der Waals surface area (Å²) in [6.45, 7) is 1.84. The molecule has 22 heavy (non-hydrogen) atoms. The number of hydrogen-bond donors (Lipinski definition) is 1. The number of carbonyl (C=O) groups excluding carboxylic acids is 2. The van der Waals surface area contributed by atoms with Crippen LogP contribution in [-0.4, -0.2) is 33.0 Å². The van der Waals surface area contributed by atoms with Gasteiger partial charge < -0.3 is 5.11 Å². The molecule has 3 rings (SSSR count). The summed E-state index contributed by atoms with van der Waals surface area (Å²) in [6.07, 6.45) is 1.67. The van der Waals surface area contributed by atoms with Gasteiger partial charge in [-0.2, -0.15) is 0 Å². The summed E-state index contributed by atoms with van der Waals surface area (Å²) in [5, 5.41) is 11.3. The third-order valence-electron chi connectivity index (χ3n) is 4.09. The maximum atomic E-state index is 11.7. The van der Waals surface area contributed by atoms with E-state index in [2.05, 4.69) is 4.98 Å². The van der Waals surface area contributed by atoms with Crippen molar-refractivity contribution >= 4 is 22.7 Å². The molecule has 0 spiro atoms. The monoisotopic (exact) mass is 298 g/mol. The fraction of sp³-hybridized carbons (Fsp3) is 0.353. The predicted molar refractivity (Wildman–Crippen MR) is 81.7 cm³/mol. The number of rotatable bonds is 4. The van der Waals surface area contributed by atoms with Crippen LogP contribution < -0.4 is 0 Å². The number of aromatic nitrogens is 1. The van der Waals surface area contributed by atoms with Crippen molar-refractivity contribution in [2.45, 2.75) is 32.4 Å². The van der Waals surface area contributed by atoms with Crippen LogP contribution in [0.25, 0.3) is 10.9 Å². The molecule has 2 unspecified atom stereocenters. The van der Waals surface area contributed by atoms with Crippen LogP contribution in [0.2, 0.25) is 0 Å². The van der Waals surface area contributed by atoms with Gasteiger partial charge in [0.2, 0.25) is 11.8 Å². The summed E-state index contributed by atoms with van der Waals surface area (Å²) in [7, 11) is 0. The molecule has 2 heterocycles. The zero-order chi connectivity index (χ0) is 15.7. The molecule has 0 bridgehead atoms. The van der Waals surface area contributed by atoms with Gasteiger partial charge in [0, 0.05) is 30.3 Å². The van der Waals surface area contributed by atoms with Crippen LogP contribution in [-0.2, 0) is 16.0 Å². The Kier molecular flexibility index (Phi) is 3.90. The van der Waals surface area contributed by atoms with E-state index in [0.717, 1.165) is 21.4 Å². The van der Waals surface area contributed by atoms with Gasteiger partial charge in [0.25, 0.3) is 0 Å². The Bertz CT molecular complexity index is 713. The van der Waals surface area contributed by atoms with Crippen molar-refractivity contribution in [1.29, 1.82) is 0 Å². The van der Waals surface area contributed by atoms with Crippen molar-refractivity contribution < 1.29 is 14.7 Å². The average molecular weight is 298 g/mol. The molecule has 2 amide bonds. The molecule has 1 fully saturated rings. The van der Waals surface area contributed by atoms with Crippen LogP contribution in [0.3, 0.4) is 0 Å². The number of imide groups is 1. The molecule has 0 saturated carbocycles. The van der Waals surface area contributed by atoms with Crippen molar-refractivity contribution in [2.75, 3.05) is 0 Å². The van der Waals surface area contributed by atoms with Crippen LogP contribution in [0.1, 0.15) is 25.3 Å². The van der Waals surface area contributed by atoms with E-state index in [1.54, 1.807) is 6.20 Å². The lowest BCUT2D eigenvalue weighted by Crippen LogP contribution is -2.43. The van der Waals surface area contributed by atoms with Gasteiger partial charge >= 0.3 is 0 Å². The van der Waals surface area contributed by atoms with Crippen LogP contribution in [0.4, 0.5) is 0 Å². The molecule has 0 radical (unpaired) electrons. The molecule has 0 aliphatic carbocycles. The van der Waals surface area contributed by atoms with Crippen molar-refractivity contribution in [3.05, 3.63) is 42.1 Å². The number of aliphatic hydroxyl groups excluding tert-OH is 1. The number of fused-ring (bicyclic) bond motifs is 1. The Morgan fingerprint density at radius 2 is 1.95 bits per heavy atom. The Labute approximate surface area is 128 Å². The number of nitrogens with zero attached hydrogens (tertiary/aromatic N) is 2. The number of carbonyl (C=O) groups is 2. The number of pyridine rings is 1. The molecule has 2 aromatic rings. The molecule has 1 N–H and O–H groups in total. The highest BCUT2D eigenvalue weighted by atomic mass is 16.3. The Hall–Kier alpha value is -2.27. The normalized spacial score (nSPS) is 18.0. The first-order chi connectivity index (χ1) is 10.6. The number of aliphatic hydroxyl groups is 1. The first-order valence-electron chi connectivity index (χ1n) is 7.43. The molecule has 114 valence electrons. The predicted octanol–water partition coefficient (Wildman–Crippen LogP) is 1.88. The number of likely N-dealkylation sites (tertiary alicyclic amines) is 1. The molecule has 5 heteroatoms. The van der Waals surface area contributed by atoms with Crippen molar-refractivity contribution in [2.24, 2.45) is 5.92 Å². The Morgan fingerprint density at radius 3 is 2.68 bits per heavy atom. The minimum Gasteiger partial charge on any atom is -0.373 e.